The van der Waals surface area contributed by atoms with Crippen molar-refractivity contribution in [2.45, 2.75) is 46.0 Å². The van der Waals surface area contributed by atoms with Gasteiger partial charge in [0.05, 0.1) is 48.0 Å². The van der Waals surface area contributed by atoms with E-state index in [0.717, 1.165) is 76.3 Å². The molecule has 3 aromatic carbocycles. The Labute approximate surface area is 251 Å². The highest BCUT2D eigenvalue weighted by atomic mass is 16.5. The van der Waals surface area contributed by atoms with Gasteiger partial charge in [0.1, 0.15) is 0 Å². The average molecular weight is 577 g/mol. The van der Waals surface area contributed by atoms with Gasteiger partial charge in [0.2, 0.25) is 0 Å². The van der Waals surface area contributed by atoms with Gasteiger partial charge in [-0.2, -0.15) is 10.2 Å². The summed E-state index contributed by atoms with van der Waals surface area (Å²) in [4.78, 5) is 24.9. The second-order valence-corrected chi connectivity index (χ2v) is 10.4. The number of aromatic amines is 2. The van der Waals surface area contributed by atoms with Crippen molar-refractivity contribution in [3.63, 3.8) is 0 Å². The zero-order valence-corrected chi connectivity index (χ0v) is 24.6. The van der Waals surface area contributed by atoms with Crippen molar-refractivity contribution in [1.82, 2.24) is 20.4 Å². The zero-order valence-electron chi connectivity index (χ0n) is 24.6. The van der Waals surface area contributed by atoms with E-state index in [2.05, 4.69) is 34.2 Å². The molecular formula is C35H36N4O4. The maximum absolute atomic E-state index is 12.7. The van der Waals surface area contributed by atoms with Crippen LogP contribution in [0.4, 0.5) is 0 Å². The molecule has 0 bridgehead atoms. The molecule has 0 aliphatic heterocycles. The van der Waals surface area contributed by atoms with Crippen LogP contribution in [0.15, 0.2) is 84.9 Å². The highest BCUT2D eigenvalue weighted by molar-refractivity contribution is 5.97. The summed E-state index contributed by atoms with van der Waals surface area (Å²) in [6.07, 6.45) is 3.88. The fourth-order valence-electron chi connectivity index (χ4n) is 4.74. The van der Waals surface area contributed by atoms with Gasteiger partial charge in [-0.3, -0.25) is 15.0 Å². The number of nitrogens with one attached hydrogen (secondary N) is 2. The molecule has 5 rings (SSSR count). The molecule has 220 valence electrons. The third kappa shape index (κ3) is 7.46. The van der Waals surface area contributed by atoms with Crippen LogP contribution >= 0.6 is 0 Å². The molecular weight excluding hydrogens is 540 g/mol. The lowest BCUT2D eigenvalue weighted by Gasteiger charge is -2.08. The molecule has 0 amide bonds. The number of H-pyrrole nitrogens is 2. The van der Waals surface area contributed by atoms with Gasteiger partial charge in [-0.05, 0) is 48.7 Å². The van der Waals surface area contributed by atoms with Crippen LogP contribution in [0.1, 0.15) is 55.5 Å². The van der Waals surface area contributed by atoms with Crippen LogP contribution in [0.25, 0.3) is 45.0 Å². The number of esters is 2. The first-order valence-electron chi connectivity index (χ1n) is 14.8. The normalized spacial score (nSPS) is 10.9. The van der Waals surface area contributed by atoms with Crippen molar-refractivity contribution in [1.29, 1.82) is 0 Å². The molecule has 0 saturated heterocycles. The lowest BCUT2D eigenvalue weighted by Crippen LogP contribution is -2.08. The molecule has 2 N–H and O–H groups in total. The fourth-order valence-corrected chi connectivity index (χ4v) is 4.74. The summed E-state index contributed by atoms with van der Waals surface area (Å²) in [6, 6.07) is 27.2. The summed E-state index contributed by atoms with van der Waals surface area (Å²) in [5.41, 5.74) is 8.06. The summed E-state index contributed by atoms with van der Waals surface area (Å²) >= 11 is 0. The predicted octanol–water partition coefficient (Wildman–Crippen LogP) is 7.64. The van der Waals surface area contributed by atoms with Crippen molar-refractivity contribution in [2.24, 2.45) is 0 Å². The van der Waals surface area contributed by atoms with Crippen LogP contribution in [0.2, 0.25) is 0 Å². The van der Waals surface area contributed by atoms with Gasteiger partial charge in [0.15, 0.2) is 0 Å². The minimum absolute atomic E-state index is 0.220. The van der Waals surface area contributed by atoms with Crippen molar-refractivity contribution in [3.05, 3.63) is 96.1 Å². The van der Waals surface area contributed by atoms with Crippen molar-refractivity contribution < 1.29 is 19.1 Å². The van der Waals surface area contributed by atoms with Crippen LogP contribution in [0.3, 0.4) is 0 Å². The summed E-state index contributed by atoms with van der Waals surface area (Å²) in [7, 11) is 0. The minimum Gasteiger partial charge on any atom is -0.465 e. The van der Waals surface area contributed by atoms with Crippen molar-refractivity contribution >= 4 is 11.9 Å². The van der Waals surface area contributed by atoms with Gasteiger partial charge < -0.3 is 9.47 Å². The summed E-state index contributed by atoms with van der Waals surface area (Å²) in [6.45, 7) is 4.98. The van der Waals surface area contributed by atoms with Gasteiger partial charge in [-0.15, -0.1) is 0 Å². The minimum atomic E-state index is -0.338. The van der Waals surface area contributed by atoms with E-state index < -0.39 is 0 Å². The van der Waals surface area contributed by atoms with E-state index in [4.69, 9.17) is 9.47 Å². The van der Waals surface area contributed by atoms with Crippen molar-refractivity contribution in [3.8, 4) is 45.0 Å². The zero-order chi connectivity index (χ0) is 30.0. The smallest absolute Gasteiger partial charge is 0.338 e. The first kappa shape index (κ1) is 29.5. The third-order valence-corrected chi connectivity index (χ3v) is 7.13. The summed E-state index contributed by atoms with van der Waals surface area (Å²) in [5, 5.41) is 15.3. The van der Waals surface area contributed by atoms with Gasteiger partial charge in [-0.25, -0.2) is 4.79 Å². The molecule has 5 aromatic rings. The molecule has 0 saturated carbocycles. The van der Waals surface area contributed by atoms with Gasteiger partial charge in [-0.1, -0.05) is 81.3 Å². The SMILES string of the molecule is CCCCOC(=O)Cc1cccc(-c2cc(-c3cccc(-c4cc(-c5ccccc5C(=O)OCCCC)[nH]n4)c3)[nH]n2)c1. The number of hydrogen-bond donors (Lipinski definition) is 2. The van der Waals surface area contributed by atoms with E-state index in [1.807, 2.05) is 78.9 Å². The van der Waals surface area contributed by atoms with E-state index in [1.54, 1.807) is 6.07 Å². The summed E-state index contributed by atoms with van der Waals surface area (Å²) < 4.78 is 10.8. The molecule has 0 fully saturated rings. The number of benzene rings is 3. The van der Waals surface area contributed by atoms with E-state index in [9.17, 15) is 9.59 Å². The molecule has 0 atom stereocenters. The molecule has 2 heterocycles. The molecule has 0 unspecified atom stereocenters. The van der Waals surface area contributed by atoms with Crippen LogP contribution < -0.4 is 0 Å². The van der Waals surface area contributed by atoms with Crippen molar-refractivity contribution in [2.75, 3.05) is 13.2 Å². The van der Waals surface area contributed by atoms with Gasteiger partial charge in [0, 0.05) is 22.3 Å². The Kier molecular flexibility index (Phi) is 9.79. The monoisotopic (exact) mass is 576 g/mol. The first-order valence-corrected chi connectivity index (χ1v) is 14.8. The topological polar surface area (TPSA) is 110 Å². The van der Waals surface area contributed by atoms with E-state index in [0.29, 0.717) is 18.8 Å². The number of carbonyl (C=O) groups is 2. The number of unbranched alkanes of at least 4 members (excludes halogenated alkanes) is 2. The molecule has 43 heavy (non-hydrogen) atoms. The van der Waals surface area contributed by atoms with Crippen LogP contribution in [-0.2, 0) is 20.7 Å². The Morgan fingerprint density at radius 3 is 2.07 bits per heavy atom. The molecule has 0 spiro atoms. The van der Waals surface area contributed by atoms with E-state index >= 15 is 0 Å². The average Bonchev–Trinajstić information content (AvgIpc) is 3.73. The highest BCUT2D eigenvalue weighted by Crippen LogP contribution is 2.30. The van der Waals surface area contributed by atoms with Crippen LogP contribution in [0.5, 0.6) is 0 Å². The van der Waals surface area contributed by atoms with Crippen LogP contribution in [-0.4, -0.2) is 45.5 Å². The standard InChI is InChI=1S/C35H36N4O4/c1-3-5-17-42-34(40)20-24-11-9-12-25(19-24)30-22-31(37-36-30)26-13-10-14-27(21-26)32-23-33(39-38-32)28-15-7-8-16-29(28)35(41)43-18-6-4-2/h7-16,19,21-23H,3-6,17-18,20H2,1-2H3,(H,36,37)(H,38,39). The molecule has 0 aliphatic carbocycles. The molecule has 2 aromatic heterocycles. The second-order valence-electron chi connectivity index (χ2n) is 10.4. The van der Waals surface area contributed by atoms with E-state index in [-0.39, 0.29) is 18.4 Å². The maximum Gasteiger partial charge on any atom is 0.338 e. The Bertz CT molecular complexity index is 1690. The Morgan fingerprint density at radius 1 is 0.674 bits per heavy atom. The van der Waals surface area contributed by atoms with E-state index in [1.165, 1.54) is 0 Å². The molecule has 8 nitrogen and oxygen atoms in total. The largest absolute Gasteiger partial charge is 0.465 e. The lowest BCUT2D eigenvalue weighted by molar-refractivity contribution is -0.142. The Hall–Kier alpha value is -4.98. The number of aromatic nitrogens is 4. The van der Waals surface area contributed by atoms with Crippen LogP contribution in [0, 0.1) is 0 Å². The summed E-state index contributed by atoms with van der Waals surface area (Å²) in [5.74, 6) is -0.559. The van der Waals surface area contributed by atoms with Gasteiger partial charge >= 0.3 is 11.9 Å². The predicted molar refractivity (Wildman–Crippen MR) is 167 cm³/mol. The first-order chi connectivity index (χ1) is 21.1. The number of rotatable bonds is 13. The maximum atomic E-state index is 12.7. The van der Waals surface area contributed by atoms with Gasteiger partial charge in [0.25, 0.3) is 0 Å². The number of hydrogen-bond acceptors (Lipinski definition) is 6. The number of ether oxygens (including phenoxy) is 2. The molecule has 0 aliphatic rings. The fraction of sp³-hybridized carbons (Fsp3) is 0.257. The number of carbonyl (C=O) groups excluding carboxylic acids is 2. The quantitative estimate of drug-likeness (QED) is 0.110. The Balaban J connectivity index is 1.32. The lowest BCUT2D eigenvalue weighted by atomic mass is 10.0. The number of nitrogens with zero attached hydrogens (tertiary/aromatic N) is 2. The third-order valence-electron chi connectivity index (χ3n) is 7.13. The molecule has 0 radical (unpaired) electrons. The second kappa shape index (κ2) is 14.3. The highest BCUT2D eigenvalue weighted by Gasteiger charge is 2.16. The Morgan fingerprint density at radius 2 is 1.30 bits per heavy atom. The molecule has 8 heteroatoms.